The van der Waals surface area contributed by atoms with Crippen molar-refractivity contribution in [3.8, 4) is 0 Å². The van der Waals surface area contributed by atoms with E-state index in [0.29, 0.717) is 12.8 Å². The van der Waals surface area contributed by atoms with Crippen molar-refractivity contribution in [2.24, 2.45) is 5.92 Å². The average Bonchev–Trinajstić information content (AvgIpc) is 2.69. The molecule has 0 N–H and O–H groups in total. The number of nitrogens with zero attached hydrogens (tertiary/aromatic N) is 1. The van der Waals surface area contributed by atoms with Gasteiger partial charge in [0.15, 0.2) is 0 Å². The van der Waals surface area contributed by atoms with E-state index in [1.807, 2.05) is 37.3 Å². The molecule has 27 heavy (non-hydrogen) atoms. The number of rotatable bonds is 5. The third kappa shape index (κ3) is 4.54. The maximum Gasteiger partial charge on any atom is 0.309 e. The molecule has 5 nitrogen and oxygen atoms in total. The zero-order valence-electron chi connectivity index (χ0n) is 15.0. The van der Waals surface area contributed by atoms with Gasteiger partial charge in [0, 0.05) is 13.1 Å². The topological polar surface area (TPSA) is 63.7 Å². The summed E-state index contributed by atoms with van der Waals surface area (Å²) in [6.45, 7) is 2.29. The van der Waals surface area contributed by atoms with Crippen molar-refractivity contribution in [2.45, 2.75) is 30.8 Å². The van der Waals surface area contributed by atoms with E-state index in [1.54, 1.807) is 0 Å². The van der Waals surface area contributed by atoms with Crippen LogP contribution in [0.15, 0.2) is 59.5 Å². The first kappa shape index (κ1) is 19.5. The smallest absolute Gasteiger partial charge is 0.309 e. The van der Waals surface area contributed by atoms with Gasteiger partial charge in [-0.05, 0) is 49.6 Å². The van der Waals surface area contributed by atoms with E-state index >= 15 is 0 Å². The Labute approximate surface area is 158 Å². The Bertz CT molecular complexity index is 876. The number of hydrogen-bond acceptors (Lipinski definition) is 4. The van der Waals surface area contributed by atoms with Crippen LogP contribution in [-0.4, -0.2) is 31.8 Å². The van der Waals surface area contributed by atoms with E-state index < -0.39 is 15.8 Å². The molecule has 0 aromatic heterocycles. The second kappa shape index (κ2) is 8.19. The van der Waals surface area contributed by atoms with Crippen LogP contribution in [0.5, 0.6) is 0 Å². The largest absolute Gasteiger partial charge is 0.458 e. The molecular formula is C20H22FNO4S. The van der Waals surface area contributed by atoms with E-state index in [1.165, 1.54) is 16.4 Å². The van der Waals surface area contributed by atoms with Crippen LogP contribution in [0, 0.1) is 11.7 Å². The normalized spacial score (nSPS) is 17.4. The number of carbonyl (C=O) groups excluding carboxylic acids is 1. The minimum Gasteiger partial charge on any atom is -0.458 e. The molecule has 2 aromatic carbocycles. The van der Waals surface area contributed by atoms with Gasteiger partial charge in [-0.1, -0.05) is 30.3 Å². The summed E-state index contributed by atoms with van der Waals surface area (Å²) < 4.78 is 45.2. The second-order valence-electron chi connectivity index (χ2n) is 6.62. The first-order valence-electron chi connectivity index (χ1n) is 8.89. The molecule has 0 aliphatic carbocycles. The van der Waals surface area contributed by atoms with Crippen molar-refractivity contribution in [1.29, 1.82) is 0 Å². The Morgan fingerprint density at radius 3 is 2.26 bits per heavy atom. The van der Waals surface area contributed by atoms with Crippen LogP contribution in [0.25, 0.3) is 0 Å². The van der Waals surface area contributed by atoms with Gasteiger partial charge in [0.1, 0.15) is 11.9 Å². The molecule has 1 unspecified atom stereocenters. The monoisotopic (exact) mass is 391 g/mol. The molecule has 1 saturated heterocycles. The minimum atomic E-state index is -3.68. The fourth-order valence-corrected chi connectivity index (χ4v) is 4.62. The number of halogens is 1. The molecule has 0 bridgehead atoms. The molecule has 0 saturated carbocycles. The lowest BCUT2D eigenvalue weighted by Gasteiger charge is -2.30. The highest BCUT2D eigenvalue weighted by Gasteiger charge is 2.33. The maximum atomic E-state index is 13.0. The molecule has 2 aromatic rings. The van der Waals surface area contributed by atoms with Gasteiger partial charge in [-0.25, -0.2) is 12.8 Å². The summed E-state index contributed by atoms with van der Waals surface area (Å²) in [5.41, 5.74) is 0.919. The van der Waals surface area contributed by atoms with Gasteiger partial charge in [0.2, 0.25) is 10.0 Å². The molecule has 3 rings (SSSR count). The van der Waals surface area contributed by atoms with E-state index in [2.05, 4.69) is 0 Å². The number of esters is 1. The lowest BCUT2D eigenvalue weighted by atomic mass is 9.98. The van der Waals surface area contributed by atoms with E-state index in [4.69, 9.17) is 4.74 Å². The molecule has 0 amide bonds. The Hall–Kier alpha value is -2.25. The summed E-state index contributed by atoms with van der Waals surface area (Å²) >= 11 is 0. The number of carbonyl (C=O) groups is 1. The predicted molar refractivity (Wildman–Crippen MR) is 98.8 cm³/mol. The third-order valence-corrected chi connectivity index (χ3v) is 6.71. The highest BCUT2D eigenvalue weighted by atomic mass is 32.2. The molecule has 7 heteroatoms. The van der Waals surface area contributed by atoms with Gasteiger partial charge < -0.3 is 4.74 Å². The fraction of sp³-hybridized carbons (Fsp3) is 0.350. The van der Waals surface area contributed by atoms with Gasteiger partial charge in [0.05, 0.1) is 10.8 Å². The highest BCUT2D eigenvalue weighted by molar-refractivity contribution is 7.89. The van der Waals surface area contributed by atoms with E-state index in [0.717, 1.165) is 17.7 Å². The van der Waals surface area contributed by atoms with Crippen LogP contribution >= 0.6 is 0 Å². The quantitative estimate of drug-likeness (QED) is 0.732. The summed E-state index contributed by atoms with van der Waals surface area (Å²) in [6.07, 6.45) is 0.460. The van der Waals surface area contributed by atoms with Gasteiger partial charge in [-0.15, -0.1) is 0 Å². The van der Waals surface area contributed by atoms with Crippen molar-refractivity contribution in [3.05, 3.63) is 66.0 Å². The van der Waals surface area contributed by atoms with Crippen LogP contribution in [0.2, 0.25) is 0 Å². The molecule has 144 valence electrons. The first-order chi connectivity index (χ1) is 12.9. The zero-order valence-corrected chi connectivity index (χ0v) is 15.9. The second-order valence-corrected chi connectivity index (χ2v) is 8.56. The van der Waals surface area contributed by atoms with Gasteiger partial charge in [-0.3, -0.25) is 4.79 Å². The maximum absolute atomic E-state index is 13.0. The lowest BCUT2D eigenvalue weighted by Crippen LogP contribution is -2.40. The summed E-state index contributed by atoms with van der Waals surface area (Å²) in [6, 6.07) is 14.2. The molecule has 1 atom stereocenters. The molecule has 1 fully saturated rings. The Morgan fingerprint density at radius 2 is 1.67 bits per heavy atom. The molecule has 0 spiro atoms. The average molecular weight is 391 g/mol. The number of ether oxygens (including phenoxy) is 1. The Kier molecular flexibility index (Phi) is 5.92. The van der Waals surface area contributed by atoms with Crippen LogP contribution in [-0.2, 0) is 19.6 Å². The van der Waals surface area contributed by atoms with Gasteiger partial charge >= 0.3 is 5.97 Å². The van der Waals surface area contributed by atoms with Crippen molar-refractivity contribution in [3.63, 3.8) is 0 Å². The lowest BCUT2D eigenvalue weighted by molar-refractivity contribution is -0.155. The number of hydrogen-bond donors (Lipinski definition) is 0. The number of piperidine rings is 1. The molecule has 1 aliphatic rings. The molecular weight excluding hydrogens is 369 g/mol. The first-order valence-corrected chi connectivity index (χ1v) is 10.3. The van der Waals surface area contributed by atoms with Gasteiger partial charge in [-0.2, -0.15) is 4.31 Å². The number of benzene rings is 2. The van der Waals surface area contributed by atoms with Crippen molar-refractivity contribution in [2.75, 3.05) is 13.1 Å². The predicted octanol–water partition coefficient (Wildman–Crippen LogP) is 3.53. The van der Waals surface area contributed by atoms with Gasteiger partial charge in [0.25, 0.3) is 0 Å². The van der Waals surface area contributed by atoms with Crippen molar-refractivity contribution >= 4 is 16.0 Å². The standard InChI is InChI=1S/C20H22FNO4S/c1-15(16-5-3-2-4-6-16)26-20(23)17-11-13-22(14-12-17)27(24,25)19-9-7-18(21)8-10-19/h2-10,15,17H,11-14H2,1H3. The van der Waals surface area contributed by atoms with Crippen LogP contribution in [0.1, 0.15) is 31.4 Å². The Morgan fingerprint density at radius 1 is 1.07 bits per heavy atom. The SMILES string of the molecule is CC(OC(=O)C1CCN(S(=O)(=O)c2ccc(F)cc2)CC1)c1ccccc1. The Balaban J connectivity index is 1.58. The van der Waals surface area contributed by atoms with Crippen LogP contribution in [0.4, 0.5) is 4.39 Å². The fourth-order valence-electron chi connectivity index (χ4n) is 3.15. The minimum absolute atomic E-state index is 0.0580. The zero-order chi connectivity index (χ0) is 19.4. The van der Waals surface area contributed by atoms with Crippen molar-refractivity contribution < 1.29 is 22.3 Å². The summed E-state index contributed by atoms with van der Waals surface area (Å²) in [5, 5.41) is 0. The summed E-state index contributed by atoms with van der Waals surface area (Å²) in [4.78, 5) is 12.5. The summed E-state index contributed by atoms with van der Waals surface area (Å²) in [7, 11) is -3.68. The summed E-state index contributed by atoms with van der Waals surface area (Å²) in [5.74, 6) is -1.11. The van der Waals surface area contributed by atoms with Crippen LogP contribution < -0.4 is 0 Å². The molecule has 1 aliphatic heterocycles. The van der Waals surface area contributed by atoms with Crippen molar-refractivity contribution in [1.82, 2.24) is 4.31 Å². The number of sulfonamides is 1. The van der Waals surface area contributed by atoms with Crippen LogP contribution in [0.3, 0.4) is 0 Å². The van der Waals surface area contributed by atoms with E-state index in [-0.39, 0.29) is 36.0 Å². The van der Waals surface area contributed by atoms with E-state index in [9.17, 15) is 17.6 Å². The highest BCUT2D eigenvalue weighted by Crippen LogP contribution is 2.26. The molecule has 1 heterocycles. The molecule has 0 radical (unpaired) electrons. The third-order valence-electron chi connectivity index (χ3n) is 4.80.